The predicted octanol–water partition coefficient (Wildman–Crippen LogP) is 3.50. The molecule has 1 spiro atoms. The molecule has 0 radical (unpaired) electrons. The summed E-state index contributed by atoms with van der Waals surface area (Å²) in [5.74, 6) is -1.84. The van der Waals surface area contributed by atoms with Crippen molar-refractivity contribution >= 4 is 35.2 Å². The van der Waals surface area contributed by atoms with Crippen LogP contribution in [0.15, 0.2) is 85.0 Å². The molecule has 0 aliphatic carbocycles. The number of rotatable bonds is 6. The standard InChI is InChI=1S/C32H35N3O4S/c1-21(2)24(20-36)35-28-31(39)33(19-22-11-5-3-6-12-22)17-10-16-32(28)27(30(35)38)26-25(40-32)15-9-18-34(29(26)37)23-13-7-4-8-14-23/h3-16,21,24-28,36H,17-20H2,1-2H3/t24-,25-,26+,27-,28?,32-/m0/s1. The molecular formula is C32H35N3O4S. The van der Waals surface area contributed by atoms with Crippen LogP contribution < -0.4 is 4.90 Å². The zero-order valence-corrected chi connectivity index (χ0v) is 23.6. The Morgan fingerprint density at radius 3 is 2.30 bits per heavy atom. The number of carbonyl (C=O) groups excluding carboxylic acids is 3. The van der Waals surface area contributed by atoms with Gasteiger partial charge in [-0.2, -0.15) is 0 Å². The average Bonchev–Trinajstić information content (AvgIpc) is 3.27. The molecular weight excluding hydrogens is 522 g/mol. The molecule has 4 aliphatic heterocycles. The normalized spacial score (nSPS) is 30.3. The van der Waals surface area contributed by atoms with Crippen molar-refractivity contribution in [2.24, 2.45) is 17.8 Å². The van der Waals surface area contributed by atoms with Gasteiger partial charge in [0.1, 0.15) is 6.04 Å². The van der Waals surface area contributed by atoms with Crippen LogP contribution in [-0.2, 0) is 20.9 Å². The van der Waals surface area contributed by atoms with Crippen molar-refractivity contribution in [1.29, 1.82) is 0 Å². The van der Waals surface area contributed by atoms with Gasteiger partial charge in [0.05, 0.1) is 29.2 Å². The first kappa shape index (κ1) is 26.8. The van der Waals surface area contributed by atoms with Crippen LogP contribution in [0, 0.1) is 17.8 Å². The minimum absolute atomic E-state index is 0.0706. The van der Waals surface area contributed by atoms with Crippen LogP contribution in [0.4, 0.5) is 5.69 Å². The second-order valence-electron chi connectivity index (χ2n) is 11.4. The largest absolute Gasteiger partial charge is 0.394 e. The van der Waals surface area contributed by atoms with Crippen molar-refractivity contribution in [2.75, 3.05) is 24.6 Å². The van der Waals surface area contributed by atoms with Crippen LogP contribution >= 0.6 is 11.8 Å². The van der Waals surface area contributed by atoms with E-state index in [1.54, 1.807) is 26.5 Å². The van der Waals surface area contributed by atoms with Gasteiger partial charge in [-0.25, -0.2) is 0 Å². The Balaban J connectivity index is 1.44. The summed E-state index contributed by atoms with van der Waals surface area (Å²) in [7, 11) is 0. The number of likely N-dealkylation sites (tertiary alicyclic amines) is 1. The minimum Gasteiger partial charge on any atom is -0.394 e. The van der Waals surface area contributed by atoms with Crippen molar-refractivity contribution in [2.45, 2.75) is 42.5 Å². The number of amides is 3. The molecule has 208 valence electrons. The Bertz CT molecular complexity index is 1350. The molecule has 6 rings (SSSR count). The average molecular weight is 558 g/mol. The highest BCUT2D eigenvalue weighted by molar-refractivity contribution is 8.02. The highest BCUT2D eigenvalue weighted by Crippen LogP contribution is 2.61. The van der Waals surface area contributed by atoms with Gasteiger partial charge in [0, 0.05) is 30.6 Å². The molecule has 3 amide bonds. The smallest absolute Gasteiger partial charge is 0.247 e. The van der Waals surface area contributed by atoms with Crippen LogP contribution in [0.3, 0.4) is 0 Å². The molecule has 1 N–H and O–H groups in total. The lowest BCUT2D eigenvalue weighted by atomic mass is 9.78. The first-order valence-electron chi connectivity index (χ1n) is 14.0. The molecule has 0 saturated carbocycles. The summed E-state index contributed by atoms with van der Waals surface area (Å²) in [6.07, 6.45) is 8.08. The number of aliphatic hydroxyl groups excluding tert-OH is 1. The van der Waals surface area contributed by atoms with E-state index in [1.165, 1.54) is 0 Å². The lowest BCUT2D eigenvalue weighted by Crippen LogP contribution is -2.57. The topological polar surface area (TPSA) is 81.2 Å². The molecule has 40 heavy (non-hydrogen) atoms. The molecule has 0 bridgehead atoms. The highest BCUT2D eigenvalue weighted by atomic mass is 32.2. The number of aliphatic hydroxyl groups is 1. The molecule has 7 nitrogen and oxygen atoms in total. The van der Waals surface area contributed by atoms with Gasteiger partial charge in [0.2, 0.25) is 17.7 Å². The number of hydrogen-bond donors (Lipinski definition) is 1. The van der Waals surface area contributed by atoms with Crippen molar-refractivity contribution < 1.29 is 19.5 Å². The van der Waals surface area contributed by atoms with E-state index in [4.69, 9.17) is 0 Å². The summed E-state index contributed by atoms with van der Waals surface area (Å²) in [5, 5.41) is 10.2. The third kappa shape index (κ3) is 4.20. The number of para-hydroxylation sites is 1. The van der Waals surface area contributed by atoms with Gasteiger partial charge in [-0.3, -0.25) is 14.4 Å². The Labute approximate surface area is 239 Å². The van der Waals surface area contributed by atoms with Crippen molar-refractivity contribution in [3.8, 4) is 0 Å². The number of thioether (sulfide) groups is 1. The third-order valence-electron chi connectivity index (χ3n) is 8.78. The van der Waals surface area contributed by atoms with Crippen LogP contribution in [0.1, 0.15) is 19.4 Å². The van der Waals surface area contributed by atoms with Gasteiger partial charge in [-0.1, -0.05) is 86.7 Å². The van der Waals surface area contributed by atoms with Crippen molar-refractivity contribution in [3.63, 3.8) is 0 Å². The SMILES string of the molecule is CC(C)[C@H](CO)N1C(=O)[C@@H]2[C@@H]3C(=O)N(c4ccccc4)CC=C[C@@H]3S[C@@]23C=CCN(Cc2ccccc2)C(=O)C13. The quantitative estimate of drug-likeness (QED) is 0.550. The number of fused-ring (bicyclic) bond motifs is 2. The van der Waals surface area contributed by atoms with Crippen LogP contribution in [0.5, 0.6) is 0 Å². The Kier molecular flexibility index (Phi) is 7.09. The molecule has 4 aliphatic rings. The maximum atomic E-state index is 14.5. The molecule has 0 aromatic heterocycles. The van der Waals surface area contributed by atoms with E-state index < -0.39 is 28.7 Å². The van der Waals surface area contributed by atoms with Gasteiger partial charge in [0.25, 0.3) is 0 Å². The maximum absolute atomic E-state index is 14.5. The lowest BCUT2D eigenvalue weighted by Gasteiger charge is -2.39. The van der Waals surface area contributed by atoms with E-state index in [9.17, 15) is 19.5 Å². The van der Waals surface area contributed by atoms with Gasteiger partial charge in [-0.05, 0) is 23.6 Å². The molecule has 4 heterocycles. The summed E-state index contributed by atoms with van der Waals surface area (Å²) >= 11 is 1.57. The van der Waals surface area contributed by atoms with Crippen LogP contribution in [-0.4, -0.2) is 74.4 Å². The second kappa shape index (κ2) is 10.6. The van der Waals surface area contributed by atoms with Crippen LogP contribution in [0.2, 0.25) is 0 Å². The Hall–Kier alpha value is -3.36. The van der Waals surface area contributed by atoms with Crippen LogP contribution in [0.25, 0.3) is 0 Å². The molecule has 6 atom stereocenters. The maximum Gasteiger partial charge on any atom is 0.247 e. The van der Waals surface area contributed by atoms with Crippen molar-refractivity contribution in [1.82, 2.24) is 9.80 Å². The fraction of sp³-hybridized carbons (Fsp3) is 0.406. The molecule has 2 aromatic rings. The fourth-order valence-electron chi connectivity index (χ4n) is 6.89. The summed E-state index contributed by atoms with van der Waals surface area (Å²) in [4.78, 5) is 48.5. The summed E-state index contributed by atoms with van der Waals surface area (Å²) in [6, 6.07) is 18.0. The number of carbonyl (C=O) groups is 3. The summed E-state index contributed by atoms with van der Waals surface area (Å²) < 4.78 is -0.906. The van der Waals surface area contributed by atoms with E-state index in [1.807, 2.05) is 92.7 Å². The molecule has 1 unspecified atom stereocenters. The van der Waals surface area contributed by atoms with E-state index in [0.29, 0.717) is 19.6 Å². The molecule has 8 heteroatoms. The first-order chi connectivity index (χ1) is 19.4. The Morgan fingerprint density at radius 2 is 1.62 bits per heavy atom. The monoisotopic (exact) mass is 557 g/mol. The molecule has 2 saturated heterocycles. The van der Waals surface area contributed by atoms with Gasteiger partial charge < -0.3 is 19.8 Å². The summed E-state index contributed by atoms with van der Waals surface area (Å²) in [5.41, 5.74) is 1.80. The van der Waals surface area contributed by atoms with Gasteiger partial charge in [-0.15, -0.1) is 11.8 Å². The number of hydrogen-bond acceptors (Lipinski definition) is 5. The first-order valence-corrected chi connectivity index (χ1v) is 14.9. The van der Waals surface area contributed by atoms with E-state index >= 15 is 0 Å². The van der Waals surface area contributed by atoms with E-state index in [2.05, 4.69) is 6.08 Å². The van der Waals surface area contributed by atoms with Crippen molar-refractivity contribution in [3.05, 3.63) is 90.5 Å². The third-order valence-corrected chi connectivity index (χ3v) is 10.5. The van der Waals surface area contributed by atoms with E-state index in [0.717, 1.165) is 11.3 Å². The number of nitrogens with zero attached hydrogens (tertiary/aromatic N) is 3. The summed E-state index contributed by atoms with van der Waals surface area (Å²) in [6.45, 7) is 4.94. The minimum atomic E-state index is -0.906. The van der Waals surface area contributed by atoms with Gasteiger partial charge in [0.15, 0.2) is 0 Å². The number of anilines is 1. The molecule has 2 fully saturated rings. The highest BCUT2D eigenvalue weighted by Gasteiger charge is 2.71. The lowest BCUT2D eigenvalue weighted by molar-refractivity contribution is -0.146. The van der Waals surface area contributed by atoms with Gasteiger partial charge >= 0.3 is 0 Å². The zero-order chi connectivity index (χ0) is 28.0. The predicted molar refractivity (Wildman–Crippen MR) is 156 cm³/mol. The zero-order valence-electron chi connectivity index (χ0n) is 22.8. The van der Waals surface area contributed by atoms with E-state index in [-0.39, 0.29) is 35.5 Å². The fourth-order valence-corrected chi connectivity index (χ4v) is 8.88. The second-order valence-corrected chi connectivity index (χ2v) is 12.9. The Morgan fingerprint density at radius 1 is 0.925 bits per heavy atom. The number of benzene rings is 2. The molecule has 2 aromatic carbocycles.